The number of hydrogen-bond donors (Lipinski definition) is 1. The number of benzene rings is 3. The van der Waals surface area contributed by atoms with Crippen molar-refractivity contribution in [1.82, 2.24) is 0 Å². The van der Waals surface area contributed by atoms with Crippen LogP contribution in [0, 0.1) is 11.6 Å². The minimum atomic E-state index is -4.99. The topological polar surface area (TPSA) is 41.9 Å². The Morgan fingerprint density at radius 1 is 0.789 bits per heavy atom. The molecule has 0 spiro atoms. The minimum Gasteiger partial charge on any atom is -0.489 e. The van der Waals surface area contributed by atoms with Gasteiger partial charge in [-0.2, -0.15) is 30.7 Å². The number of rotatable bonds is 11. The maximum absolute atomic E-state index is 13.4. The molecule has 3 aromatic rings. The van der Waals surface area contributed by atoms with E-state index in [0.717, 1.165) is 29.2 Å². The van der Waals surface area contributed by atoms with E-state index in [4.69, 9.17) is 4.74 Å². The highest BCUT2D eigenvalue weighted by molar-refractivity contribution is 5.51. The number of halogens is 9. The highest BCUT2D eigenvalue weighted by Gasteiger charge is 2.44. The van der Waals surface area contributed by atoms with Crippen molar-refractivity contribution in [2.75, 3.05) is 11.4 Å². The largest absolute Gasteiger partial charge is 0.489 e. The second-order valence-electron chi connectivity index (χ2n) is 8.11. The third kappa shape index (κ3) is 8.20. The fourth-order valence-corrected chi connectivity index (χ4v) is 3.33. The molecule has 1 N–H and O–H groups in total. The minimum absolute atomic E-state index is 0.0976. The van der Waals surface area contributed by atoms with E-state index in [1.165, 1.54) is 36.4 Å². The van der Waals surface area contributed by atoms with Gasteiger partial charge in [0, 0.05) is 24.4 Å². The molecule has 0 saturated heterocycles. The summed E-state index contributed by atoms with van der Waals surface area (Å²) in [7, 11) is 0. The van der Waals surface area contributed by atoms with Crippen LogP contribution < -0.4 is 14.4 Å². The van der Waals surface area contributed by atoms with E-state index in [1.807, 2.05) is 0 Å². The van der Waals surface area contributed by atoms with Crippen LogP contribution in [0.3, 0.4) is 0 Å². The highest BCUT2D eigenvalue weighted by Crippen LogP contribution is 2.30. The summed E-state index contributed by atoms with van der Waals surface area (Å²) in [6.45, 7) is -1.65. The van der Waals surface area contributed by atoms with Crippen LogP contribution in [-0.2, 0) is 13.2 Å². The summed E-state index contributed by atoms with van der Waals surface area (Å²) in [6.07, 6.45) is -16.7. The van der Waals surface area contributed by atoms with Gasteiger partial charge < -0.3 is 19.5 Å². The van der Waals surface area contributed by atoms with Gasteiger partial charge in [0.2, 0.25) is 0 Å². The van der Waals surface area contributed by atoms with Gasteiger partial charge in [0.05, 0.1) is 6.54 Å². The molecule has 0 amide bonds. The van der Waals surface area contributed by atoms with E-state index in [9.17, 15) is 44.6 Å². The molecule has 3 rings (SSSR count). The average molecular weight is 553 g/mol. The molecule has 3 aromatic carbocycles. The highest BCUT2D eigenvalue weighted by atomic mass is 19.4. The first-order valence-electron chi connectivity index (χ1n) is 10.8. The van der Waals surface area contributed by atoms with Crippen molar-refractivity contribution in [2.24, 2.45) is 0 Å². The van der Waals surface area contributed by atoms with Gasteiger partial charge in [0.25, 0.3) is 0 Å². The molecule has 0 aliphatic heterocycles. The van der Waals surface area contributed by atoms with Crippen molar-refractivity contribution in [2.45, 2.75) is 38.0 Å². The predicted octanol–water partition coefficient (Wildman–Crippen LogP) is 6.71. The van der Waals surface area contributed by atoms with Gasteiger partial charge in [-0.25, -0.2) is 8.78 Å². The molecule has 0 aliphatic rings. The molecule has 13 heteroatoms. The van der Waals surface area contributed by atoms with E-state index >= 15 is 0 Å². The van der Waals surface area contributed by atoms with Crippen molar-refractivity contribution in [1.29, 1.82) is 0 Å². The molecule has 206 valence electrons. The van der Waals surface area contributed by atoms with Crippen LogP contribution >= 0.6 is 0 Å². The number of aliphatic hydroxyl groups is 1. The fraction of sp³-hybridized carbons (Fsp3) is 0.280. The Balaban J connectivity index is 1.84. The lowest BCUT2D eigenvalue weighted by Gasteiger charge is -2.29. The van der Waals surface area contributed by atoms with Gasteiger partial charge in [-0.15, -0.1) is 0 Å². The van der Waals surface area contributed by atoms with E-state index in [-0.39, 0.29) is 35.7 Å². The van der Waals surface area contributed by atoms with Gasteiger partial charge >= 0.3 is 18.7 Å². The summed E-state index contributed by atoms with van der Waals surface area (Å²) >= 11 is 0. The van der Waals surface area contributed by atoms with Crippen LogP contribution in [0.1, 0.15) is 11.1 Å². The SMILES string of the molecule is OC(CN(Cc1cccc(OC(F)(F)C(F)F)c1)c1cccc(OCc2cc(F)cc(F)c2)c1)C(F)(F)F. The zero-order chi connectivity index (χ0) is 28.1. The molecule has 1 unspecified atom stereocenters. The monoisotopic (exact) mass is 553 g/mol. The van der Waals surface area contributed by atoms with Crippen LogP contribution in [0.15, 0.2) is 66.7 Å². The van der Waals surface area contributed by atoms with Crippen LogP contribution in [0.2, 0.25) is 0 Å². The molecule has 0 heterocycles. The number of anilines is 1. The zero-order valence-electron chi connectivity index (χ0n) is 19.2. The smallest absolute Gasteiger partial charge is 0.461 e. The first-order valence-corrected chi connectivity index (χ1v) is 10.8. The molecule has 0 aromatic heterocycles. The van der Waals surface area contributed by atoms with Crippen molar-refractivity contribution < 1.29 is 54.1 Å². The van der Waals surface area contributed by atoms with Gasteiger partial charge in [-0.1, -0.05) is 18.2 Å². The Kier molecular flexibility index (Phi) is 9.02. The standard InChI is InChI=1S/C25H20F9NO3/c26-17-7-16(8-18(27)10-17)14-37-20-5-2-4-19(11-20)35(13-22(36)24(30,31)32)12-15-3-1-6-21(9-15)38-25(33,34)23(28)29/h1-11,22-23,36H,12-14H2. The van der Waals surface area contributed by atoms with Crippen molar-refractivity contribution in [3.05, 3.63) is 89.5 Å². The third-order valence-electron chi connectivity index (χ3n) is 5.06. The third-order valence-corrected chi connectivity index (χ3v) is 5.06. The fourth-order valence-electron chi connectivity index (χ4n) is 3.33. The molecule has 4 nitrogen and oxygen atoms in total. The van der Waals surface area contributed by atoms with Crippen molar-refractivity contribution in [3.8, 4) is 11.5 Å². The predicted molar refractivity (Wildman–Crippen MR) is 118 cm³/mol. The number of alkyl halides is 7. The Labute approximate surface area is 210 Å². The molecular formula is C25H20F9NO3. The number of nitrogens with zero attached hydrogens (tertiary/aromatic N) is 1. The van der Waals surface area contributed by atoms with E-state index in [2.05, 4.69) is 4.74 Å². The molecule has 0 radical (unpaired) electrons. The quantitative estimate of drug-likeness (QED) is 0.268. The average Bonchev–Trinajstić information content (AvgIpc) is 2.81. The van der Waals surface area contributed by atoms with Crippen LogP contribution in [0.4, 0.5) is 45.2 Å². The van der Waals surface area contributed by atoms with E-state index in [0.29, 0.717) is 6.07 Å². The second-order valence-corrected chi connectivity index (χ2v) is 8.11. The van der Waals surface area contributed by atoms with Crippen LogP contribution in [-0.4, -0.2) is 36.5 Å². The normalized spacial score (nSPS) is 12.9. The van der Waals surface area contributed by atoms with Gasteiger partial charge in [-0.3, -0.25) is 0 Å². The van der Waals surface area contributed by atoms with Crippen LogP contribution in [0.5, 0.6) is 11.5 Å². The van der Waals surface area contributed by atoms with Gasteiger partial charge in [0.15, 0.2) is 6.10 Å². The lowest BCUT2D eigenvalue weighted by molar-refractivity contribution is -0.253. The van der Waals surface area contributed by atoms with E-state index < -0.39 is 48.7 Å². The summed E-state index contributed by atoms with van der Waals surface area (Å²) < 4.78 is 127. The Morgan fingerprint density at radius 3 is 2.05 bits per heavy atom. The lowest BCUT2D eigenvalue weighted by Crippen LogP contribution is -2.40. The molecule has 0 fully saturated rings. The first-order chi connectivity index (χ1) is 17.7. The number of aliphatic hydroxyl groups excluding tert-OH is 1. The molecule has 0 bridgehead atoms. The molecule has 38 heavy (non-hydrogen) atoms. The van der Waals surface area contributed by atoms with Gasteiger partial charge in [0.1, 0.15) is 29.7 Å². The van der Waals surface area contributed by atoms with E-state index in [1.54, 1.807) is 0 Å². The van der Waals surface area contributed by atoms with Crippen molar-refractivity contribution in [3.63, 3.8) is 0 Å². The Hall–Kier alpha value is -3.61. The maximum atomic E-state index is 13.4. The summed E-state index contributed by atoms with van der Waals surface area (Å²) in [5.41, 5.74) is 0.346. The summed E-state index contributed by atoms with van der Waals surface area (Å²) in [5, 5.41) is 9.66. The summed E-state index contributed by atoms with van der Waals surface area (Å²) in [6, 6.07) is 12.7. The molecule has 0 saturated carbocycles. The molecule has 0 aliphatic carbocycles. The molecular weight excluding hydrogens is 533 g/mol. The summed E-state index contributed by atoms with van der Waals surface area (Å²) in [4.78, 5) is 1.05. The second kappa shape index (κ2) is 11.8. The number of hydrogen-bond acceptors (Lipinski definition) is 4. The molecule has 1 atom stereocenters. The Morgan fingerprint density at radius 2 is 1.42 bits per heavy atom. The van der Waals surface area contributed by atoms with Crippen LogP contribution in [0.25, 0.3) is 0 Å². The van der Waals surface area contributed by atoms with Gasteiger partial charge in [-0.05, 0) is 47.5 Å². The van der Waals surface area contributed by atoms with Crippen molar-refractivity contribution >= 4 is 5.69 Å². The zero-order valence-corrected chi connectivity index (χ0v) is 19.2. The summed E-state index contributed by atoms with van der Waals surface area (Å²) in [5.74, 6) is -2.21. The Bertz CT molecular complexity index is 1200. The lowest BCUT2D eigenvalue weighted by atomic mass is 10.1. The number of ether oxygens (including phenoxy) is 2. The maximum Gasteiger partial charge on any atom is 0.461 e. The first kappa shape index (κ1) is 29.0.